The van der Waals surface area contributed by atoms with Gasteiger partial charge in [-0.1, -0.05) is 6.07 Å². The van der Waals surface area contributed by atoms with Gasteiger partial charge in [0.25, 0.3) is 5.91 Å². The lowest BCUT2D eigenvalue weighted by atomic mass is 10.0. The Bertz CT molecular complexity index is 553. The SMILES string of the molecule is CNc1cccc(C(=O)NCC2(C)CCCO2)c1[N+](=O)[O-]. The molecule has 1 aliphatic heterocycles. The Morgan fingerprint density at radius 1 is 1.52 bits per heavy atom. The second-order valence-corrected chi connectivity index (χ2v) is 5.29. The van der Waals surface area contributed by atoms with Crippen LogP contribution in [0, 0.1) is 10.1 Å². The van der Waals surface area contributed by atoms with Gasteiger partial charge >= 0.3 is 5.69 Å². The molecule has 1 aliphatic rings. The average Bonchev–Trinajstić information content (AvgIpc) is 2.91. The van der Waals surface area contributed by atoms with E-state index in [0.717, 1.165) is 12.8 Å². The number of ether oxygens (including phenoxy) is 1. The number of benzene rings is 1. The van der Waals surface area contributed by atoms with Gasteiger partial charge in [-0.25, -0.2) is 0 Å². The average molecular weight is 293 g/mol. The Labute approximate surface area is 122 Å². The van der Waals surface area contributed by atoms with Crippen molar-refractivity contribution in [1.82, 2.24) is 5.32 Å². The molecule has 1 atom stereocenters. The van der Waals surface area contributed by atoms with Crippen LogP contribution in [0.4, 0.5) is 11.4 Å². The Balaban J connectivity index is 2.17. The number of carbonyl (C=O) groups is 1. The van der Waals surface area contributed by atoms with Crippen molar-refractivity contribution in [2.75, 3.05) is 25.5 Å². The zero-order valence-electron chi connectivity index (χ0n) is 12.1. The first-order valence-electron chi connectivity index (χ1n) is 6.84. The number of nitrogens with zero attached hydrogens (tertiary/aromatic N) is 1. The minimum absolute atomic E-state index is 0.0495. The van der Waals surface area contributed by atoms with Crippen molar-refractivity contribution in [3.63, 3.8) is 0 Å². The minimum Gasteiger partial charge on any atom is -0.383 e. The Kier molecular flexibility index (Phi) is 4.42. The molecule has 114 valence electrons. The van der Waals surface area contributed by atoms with Crippen LogP contribution in [0.5, 0.6) is 0 Å². The first-order chi connectivity index (χ1) is 9.97. The minimum atomic E-state index is -0.547. The molecule has 0 aromatic heterocycles. The second-order valence-electron chi connectivity index (χ2n) is 5.29. The third-order valence-electron chi connectivity index (χ3n) is 3.66. The third kappa shape index (κ3) is 3.30. The Morgan fingerprint density at radius 2 is 2.29 bits per heavy atom. The van der Waals surface area contributed by atoms with E-state index in [1.54, 1.807) is 19.2 Å². The monoisotopic (exact) mass is 293 g/mol. The molecule has 2 rings (SSSR count). The summed E-state index contributed by atoms with van der Waals surface area (Å²) in [5.74, 6) is -0.462. The number of hydrogen-bond donors (Lipinski definition) is 2. The van der Waals surface area contributed by atoms with Gasteiger partial charge < -0.3 is 15.4 Å². The number of hydrogen-bond acceptors (Lipinski definition) is 5. The smallest absolute Gasteiger partial charge is 0.305 e. The predicted octanol–water partition coefficient (Wildman–Crippen LogP) is 1.94. The molecular weight excluding hydrogens is 274 g/mol. The van der Waals surface area contributed by atoms with Crippen LogP contribution in [0.25, 0.3) is 0 Å². The van der Waals surface area contributed by atoms with E-state index < -0.39 is 10.8 Å². The fourth-order valence-electron chi connectivity index (χ4n) is 2.46. The van der Waals surface area contributed by atoms with E-state index in [2.05, 4.69) is 10.6 Å². The number of nitrogens with one attached hydrogen (secondary N) is 2. The molecule has 1 fully saturated rings. The maximum Gasteiger partial charge on any atom is 0.305 e. The van der Waals surface area contributed by atoms with Crippen molar-refractivity contribution in [3.8, 4) is 0 Å². The molecular formula is C14H19N3O4. The van der Waals surface area contributed by atoms with Crippen molar-refractivity contribution in [1.29, 1.82) is 0 Å². The van der Waals surface area contributed by atoms with Gasteiger partial charge in [0.2, 0.25) is 0 Å². The summed E-state index contributed by atoms with van der Waals surface area (Å²) in [4.78, 5) is 22.9. The van der Waals surface area contributed by atoms with E-state index in [1.807, 2.05) is 6.92 Å². The summed E-state index contributed by atoms with van der Waals surface area (Å²) in [6, 6.07) is 4.63. The van der Waals surface area contributed by atoms with Gasteiger partial charge in [0, 0.05) is 20.2 Å². The van der Waals surface area contributed by atoms with Crippen LogP contribution in [0.3, 0.4) is 0 Å². The summed E-state index contributed by atoms with van der Waals surface area (Å²) in [5.41, 5.74) is -0.232. The topological polar surface area (TPSA) is 93.5 Å². The number of rotatable bonds is 5. The third-order valence-corrected chi connectivity index (χ3v) is 3.66. The van der Waals surface area contributed by atoms with Crippen LogP contribution in [-0.2, 0) is 4.74 Å². The van der Waals surface area contributed by atoms with E-state index in [-0.39, 0.29) is 16.9 Å². The van der Waals surface area contributed by atoms with Gasteiger partial charge in [-0.3, -0.25) is 14.9 Å². The molecule has 1 aromatic rings. The highest BCUT2D eigenvalue weighted by Crippen LogP contribution is 2.29. The van der Waals surface area contributed by atoms with Crippen LogP contribution in [0.1, 0.15) is 30.1 Å². The number of carbonyl (C=O) groups excluding carboxylic acids is 1. The van der Waals surface area contributed by atoms with E-state index in [9.17, 15) is 14.9 Å². The molecule has 1 aromatic carbocycles. The molecule has 2 N–H and O–H groups in total. The quantitative estimate of drug-likeness (QED) is 0.639. The van der Waals surface area contributed by atoms with Crippen LogP contribution >= 0.6 is 0 Å². The largest absolute Gasteiger partial charge is 0.383 e. The lowest BCUT2D eigenvalue weighted by molar-refractivity contribution is -0.384. The van der Waals surface area contributed by atoms with Crippen LogP contribution in [0.2, 0.25) is 0 Å². The van der Waals surface area contributed by atoms with Gasteiger partial charge in [0.15, 0.2) is 0 Å². The molecule has 7 nitrogen and oxygen atoms in total. The Hall–Kier alpha value is -2.15. The van der Waals surface area contributed by atoms with Crippen molar-refractivity contribution in [2.45, 2.75) is 25.4 Å². The van der Waals surface area contributed by atoms with Gasteiger partial charge in [0.1, 0.15) is 11.3 Å². The summed E-state index contributed by atoms with van der Waals surface area (Å²) in [5, 5.41) is 16.7. The molecule has 1 heterocycles. The molecule has 21 heavy (non-hydrogen) atoms. The molecule has 1 unspecified atom stereocenters. The van der Waals surface area contributed by atoms with E-state index in [4.69, 9.17) is 4.74 Å². The molecule has 7 heteroatoms. The summed E-state index contributed by atoms with van der Waals surface area (Å²) in [7, 11) is 1.58. The number of anilines is 1. The number of amides is 1. The van der Waals surface area contributed by atoms with Gasteiger partial charge in [-0.2, -0.15) is 0 Å². The highest BCUT2D eigenvalue weighted by atomic mass is 16.6. The van der Waals surface area contributed by atoms with Crippen molar-refractivity contribution in [3.05, 3.63) is 33.9 Å². The van der Waals surface area contributed by atoms with E-state index >= 15 is 0 Å². The molecule has 1 amide bonds. The number of para-hydroxylation sites is 1. The van der Waals surface area contributed by atoms with Crippen molar-refractivity contribution >= 4 is 17.3 Å². The first-order valence-corrected chi connectivity index (χ1v) is 6.84. The predicted molar refractivity (Wildman–Crippen MR) is 78.6 cm³/mol. The summed E-state index contributed by atoms with van der Waals surface area (Å²) >= 11 is 0. The Morgan fingerprint density at radius 3 is 2.86 bits per heavy atom. The van der Waals surface area contributed by atoms with Crippen LogP contribution in [-0.4, -0.2) is 36.6 Å². The maximum atomic E-state index is 12.2. The molecule has 0 radical (unpaired) electrons. The zero-order valence-corrected chi connectivity index (χ0v) is 12.1. The normalized spacial score (nSPS) is 21.0. The molecule has 0 bridgehead atoms. The van der Waals surface area contributed by atoms with Gasteiger partial charge in [-0.15, -0.1) is 0 Å². The number of nitro groups is 1. The molecule has 0 spiro atoms. The van der Waals surface area contributed by atoms with Crippen molar-refractivity contribution < 1.29 is 14.5 Å². The zero-order chi connectivity index (χ0) is 15.5. The van der Waals surface area contributed by atoms with Gasteiger partial charge in [0.05, 0.1) is 10.5 Å². The molecule has 1 saturated heterocycles. The maximum absolute atomic E-state index is 12.2. The molecule has 0 saturated carbocycles. The fraction of sp³-hybridized carbons (Fsp3) is 0.500. The summed E-state index contributed by atoms with van der Waals surface area (Å²) < 4.78 is 5.59. The highest BCUT2D eigenvalue weighted by Gasteiger charge is 2.31. The summed E-state index contributed by atoms with van der Waals surface area (Å²) in [6.07, 6.45) is 1.83. The van der Waals surface area contributed by atoms with Crippen LogP contribution < -0.4 is 10.6 Å². The standard InChI is InChI=1S/C14H19N3O4/c1-14(7-4-8-21-14)9-16-13(18)10-5-3-6-11(15-2)12(10)17(19)20/h3,5-6,15H,4,7-9H2,1-2H3,(H,16,18). The first kappa shape index (κ1) is 15.2. The second kappa shape index (κ2) is 6.09. The van der Waals surface area contributed by atoms with Crippen molar-refractivity contribution in [2.24, 2.45) is 0 Å². The van der Waals surface area contributed by atoms with E-state index in [1.165, 1.54) is 6.07 Å². The summed E-state index contributed by atoms with van der Waals surface area (Å²) in [6.45, 7) is 2.95. The number of nitro benzene ring substituents is 1. The van der Waals surface area contributed by atoms with Crippen LogP contribution in [0.15, 0.2) is 18.2 Å². The molecule has 0 aliphatic carbocycles. The lowest BCUT2D eigenvalue weighted by Gasteiger charge is -2.23. The highest BCUT2D eigenvalue weighted by molar-refractivity contribution is 6.00. The van der Waals surface area contributed by atoms with E-state index in [0.29, 0.717) is 18.8 Å². The fourth-order valence-corrected chi connectivity index (χ4v) is 2.46. The van der Waals surface area contributed by atoms with Gasteiger partial charge in [-0.05, 0) is 31.9 Å². The lowest BCUT2D eigenvalue weighted by Crippen LogP contribution is -2.40.